The zero-order valence-electron chi connectivity index (χ0n) is 22.2. The minimum Gasteiger partial charge on any atom is -0.387 e. The highest BCUT2D eigenvalue weighted by Crippen LogP contribution is 2.32. The average Bonchev–Trinajstić information content (AvgIpc) is 3.51. The van der Waals surface area contributed by atoms with Crippen LogP contribution in [0.2, 0.25) is 0 Å². The number of nitrogens with one attached hydrogen (secondary N) is 4. The van der Waals surface area contributed by atoms with Crippen LogP contribution in [0.25, 0.3) is 11.2 Å². The van der Waals surface area contributed by atoms with Gasteiger partial charge in [-0.1, -0.05) is 19.3 Å². The Labute approximate surface area is 235 Å². The molecule has 3 amide bonds. The Hall–Kier alpha value is -3.70. The predicted octanol–water partition coefficient (Wildman–Crippen LogP) is 0.837. The molecule has 5 rings (SSSR count). The molecule has 1 aromatic carbocycles. The summed E-state index contributed by atoms with van der Waals surface area (Å²) >= 11 is 0. The van der Waals surface area contributed by atoms with Gasteiger partial charge >= 0.3 is 6.03 Å². The van der Waals surface area contributed by atoms with Crippen LogP contribution < -0.4 is 20.7 Å². The number of benzene rings is 1. The van der Waals surface area contributed by atoms with Gasteiger partial charge in [0.05, 0.1) is 11.2 Å². The standard InChI is InChI=1S/C25H32N8O7S/c1-2-26-23(36)20-18(34)19(35)24(40-20)33-13-29-17-21(27-12-28-22(17)33)31-25(37)30-14-8-10-16(11-9-14)41(38,39)32-15-6-4-3-5-7-15/h8-13,15,18-20,24,32,34-35H,2-7H2,1H3,(H,26,36)(H2,27,28,30,31,37)/t18-,19+,20-,24+/m0/s1. The number of nitrogens with zero attached hydrogens (tertiary/aromatic N) is 4. The number of hydrogen-bond acceptors (Lipinski definition) is 10. The number of anilines is 2. The molecule has 2 fully saturated rings. The van der Waals surface area contributed by atoms with Crippen molar-refractivity contribution in [1.29, 1.82) is 0 Å². The third-order valence-corrected chi connectivity index (χ3v) is 8.60. The normalized spacial score (nSPS) is 23.4. The van der Waals surface area contributed by atoms with E-state index in [0.29, 0.717) is 12.2 Å². The predicted molar refractivity (Wildman–Crippen MR) is 146 cm³/mol. The highest BCUT2D eigenvalue weighted by atomic mass is 32.2. The van der Waals surface area contributed by atoms with Crippen molar-refractivity contribution in [2.75, 3.05) is 17.2 Å². The number of carbonyl (C=O) groups is 2. The van der Waals surface area contributed by atoms with Crippen LogP contribution in [0, 0.1) is 0 Å². The van der Waals surface area contributed by atoms with Gasteiger partial charge in [-0.15, -0.1) is 0 Å². The molecule has 15 nitrogen and oxygen atoms in total. The van der Waals surface area contributed by atoms with Gasteiger partial charge in [0, 0.05) is 18.3 Å². The third kappa shape index (κ3) is 6.15. The van der Waals surface area contributed by atoms with Gasteiger partial charge in [-0.05, 0) is 44.0 Å². The Morgan fingerprint density at radius 2 is 1.76 bits per heavy atom. The quantitative estimate of drug-likeness (QED) is 0.218. The third-order valence-electron chi connectivity index (χ3n) is 7.06. The second kappa shape index (κ2) is 12.0. The molecule has 0 radical (unpaired) electrons. The monoisotopic (exact) mass is 588 g/mol. The maximum Gasteiger partial charge on any atom is 0.324 e. The summed E-state index contributed by atoms with van der Waals surface area (Å²) in [6, 6.07) is 5.06. The summed E-state index contributed by atoms with van der Waals surface area (Å²) in [4.78, 5) is 37.5. The number of urea groups is 1. The topological polar surface area (TPSA) is 210 Å². The van der Waals surface area contributed by atoms with Crippen molar-refractivity contribution in [2.24, 2.45) is 0 Å². The van der Waals surface area contributed by atoms with Crippen molar-refractivity contribution in [3.8, 4) is 0 Å². The number of rotatable bonds is 8. The number of aliphatic hydroxyl groups excluding tert-OH is 2. The Morgan fingerprint density at radius 1 is 1.02 bits per heavy atom. The molecular weight excluding hydrogens is 556 g/mol. The molecule has 1 saturated heterocycles. The maximum atomic E-state index is 12.7. The Bertz CT molecular complexity index is 1510. The van der Waals surface area contributed by atoms with Gasteiger partial charge in [0.15, 0.2) is 29.3 Å². The Morgan fingerprint density at radius 3 is 2.46 bits per heavy atom. The molecule has 41 heavy (non-hydrogen) atoms. The largest absolute Gasteiger partial charge is 0.387 e. The lowest BCUT2D eigenvalue weighted by Gasteiger charge is -2.22. The number of sulfonamides is 1. The van der Waals surface area contributed by atoms with Gasteiger partial charge in [0.1, 0.15) is 18.5 Å². The number of ether oxygens (including phenoxy) is 1. The van der Waals surface area contributed by atoms with E-state index < -0.39 is 46.5 Å². The van der Waals surface area contributed by atoms with Gasteiger partial charge < -0.3 is 25.6 Å². The number of likely N-dealkylation sites (N-methyl/N-ethyl adjacent to an activating group) is 1. The highest BCUT2D eigenvalue weighted by molar-refractivity contribution is 7.89. The van der Waals surface area contributed by atoms with Crippen molar-refractivity contribution >= 4 is 44.6 Å². The summed E-state index contributed by atoms with van der Waals surface area (Å²) in [6.07, 6.45) is 1.86. The maximum absolute atomic E-state index is 12.7. The molecular formula is C25H32N8O7S. The van der Waals surface area contributed by atoms with E-state index in [1.807, 2.05) is 0 Å². The number of imidazole rings is 1. The summed E-state index contributed by atoms with van der Waals surface area (Å²) in [7, 11) is -3.67. The van der Waals surface area contributed by atoms with E-state index in [4.69, 9.17) is 4.74 Å². The molecule has 0 bridgehead atoms. The molecule has 3 aromatic rings. The zero-order valence-corrected chi connectivity index (χ0v) is 23.0. The molecule has 0 unspecified atom stereocenters. The van der Waals surface area contributed by atoms with Crippen LogP contribution in [-0.4, -0.2) is 81.0 Å². The van der Waals surface area contributed by atoms with E-state index in [-0.39, 0.29) is 27.9 Å². The summed E-state index contributed by atoms with van der Waals surface area (Å²) in [5.74, 6) is -0.513. The van der Waals surface area contributed by atoms with Crippen LogP contribution in [-0.2, 0) is 19.6 Å². The smallest absolute Gasteiger partial charge is 0.324 e. The Balaban J connectivity index is 1.25. The fourth-order valence-corrected chi connectivity index (χ4v) is 6.31. The second-order valence-electron chi connectivity index (χ2n) is 9.93. The number of aliphatic hydroxyl groups is 2. The molecule has 3 heterocycles. The van der Waals surface area contributed by atoms with Crippen LogP contribution in [0.4, 0.5) is 16.3 Å². The Kier molecular flexibility index (Phi) is 8.46. The van der Waals surface area contributed by atoms with E-state index in [0.717, 1.165) is 32.1 Å². The number of carbonyl (C=O) groups excluding carboxylic acids is 2. The lowest BCUT2D eigenvalue weighted by atomic mass is 9.96. The zero-order chi connectivity index (χ0) is 29.1. The van der Waals surface area contributed by atoms with Crippen molar-refractivity contribution < 1.29 is 33.0 Å². The molecule has 2 aliphatic rings. The molecule has 2 aromatic heterocycles. The molecule has 6 N–H and O–H groups in total. The number of amides is 3. The van der Waals surface area contributed by atoms with Gasteiger partial charge in [-0.3, -0.25) is 14.7 Å². The molecule has 0 spiro atoms. The highest BCUT2D eigenvalue weighted by Gasteiger charge is 2.47. The van der Waals surface area contributed by atoms with E-state index in [9.17, 15) is 28.2 Å². The first kappa shape index (κ1) is 28.8. The lowest BCUT2D eigenvalue weighted by Crippen LogP contribution is -2.42. The van der Waals surface area contributed by atoms with Gasteiger partial charge in [-0.2, -0.15) is 0 Å². The molecule has 220 valence electrons. The van der Waals surface area contributed by atoms with Crippen molar-refractivity contribution in [1.82, 2.24) is 29.6 Å². The number of fused-ring (bicyclic) bond motifs is 1. The van der Waals surface area contributed by atoms with Gasteiger partial charge in [0.25, 0.3) is 5.91 Å². The molecule has 1 aliphatic heterocycles. The first-order valence-electron chi connectivity index (χ1n) is 13.3. The summed E-state index contributed by atoms with van der Waals surface area (Å²) in [6.45, 7) is 2.04. The fraction of sp³-hybridized carbons (Fsp3) is 0.480. The minimum atomic E-state index is -3.67. The lowest BCUT2D eigenvalue weighted by molar-refractivity contribution is -0.137. The summed E-state index contributed by atoms with van der Waals surface area (Å²) in [5, 5.41) is 28.6. The number of aromatic nitrogens is 4. The van der Waals surface area contributed by atoms with Crippen LogP contribution in [0.15, 0.2) is 41.8 Å². The molecule has 1 saturated carbocycles. The summed E-state index contributed by atoms with van der Waals surface area (Å²) < 4.78 is 35.2. The van der Waals surface area contributed by atoms with Crippen LogP contribution in [0.3, 0.4) is 0 Å². The second-order valence-corrected chi connectivity index (χ2v) is 11.6. The first-order chi connectivity index (χ1) is 19.7. The van der Waals surface area contributed by atoms with Crippen LogP contribution in [0.1, 0.15) is 45.3 Å². The minimum absolute atomic E-state index is 0.0513. The van der Waals surface area contributed by atoms with Crippen molar-refractivity contribution in [2.45, 2.75) is 74.5 Å². The van der Waals surface area contributed by atoms with E-state index in [1.165, 1.54) is 41.5 Å². The van der Waals surface area contributed by atoms with Crippen LogP contribution >= 0.6 is 0 Å². The van der Waals surface area contributed by atoms with E-state index in [2.05, 4.69) is 35.6 Å². The SMILES string of the molecule is CCNC(=O)[C@H]1O[C@@H](n2cnc3c(NC(=O)Nc4ccc(S(=O)(=O)NC5CCCCC5)cc4)ncnc32)[C@H](O)[C@@H]1O. The van der Waals surface area contributed by atoms with Crippen molar-refractivity contribution in [3.63, 3.8) is 0 Å². The number of hydrogen-bond donors (Lipinski definition) is 6. The summed E-state index contributed by atoms with van der Waals surface area (Å²) in [5.41, 5.74) is 0.704. The molecule has 1 aliphatic carbocycles. The average molecular weight is 589 g/mol. The molecule has 4 atom stereocenters. The van der Waals surface area contributed by atoms with Crippen molar-refractivity contribution in [3.05, 3.63) is 36.9 Å². The van der Waals surface area contributed by atoms with Crippen LogP contribution in [0.5, 0.6) is 0 Å². The molecule has 16 heteroatoms. The fourth-order valence-electron chi connectivity index (χ4n) is 5.01. The van der Waals surface area contributed by atoms with Gasteiger partial charge in [-0.25, -0.2) is 32.9 Å². The van der Waals surface area contributed by atoms with E-state index in [1.54, 1.807) is 6.92 Å². The van der Waals surface area contributed by atoms with E-state index >= 15 is 0 Å². The first-order valence-corrected chi connectivity index (χ1v) is 14.8. The van der Waals surface area contributed by atoms with Gasteiger partial charge in [0.2, 0.25) is 10.0 Å².